The summed E-state index contributed by atoms with van der Waals surface area (Å²) in [6.45, 7) is 1.72. The third-order valence-corrected chi connectivity index (χ3v) is 3.14. The molecule has 2 aromatic carbocycles. The highest BCUT2D eigenvalue weighted by Gasteiger charge is 2.18. The van der Waals surface area contributed by atoms with Crippen LogP contribution in [0.5, 0.6) is 5.75 Å². The second kappa shape index (κ2) is 6.04. The first-order valence-electron chi connectivity index (χ1n) is 6.32. The molecule has 1 amide bonds. The molecule has 0 bridgehead atoms. The molecule has 0 aromatic heterocycles. The number of hydrogen-bond acceptors (Lipinski definition) is 4. The smallest absolute Gasteiger partial charge is 0.271 e. The minimum Gasteiger partial charge on any atom is -0.506 e. The van der Waals surface area contributed by atoms with E-state index in [2.05, 4.69) is 5.32 Å². The number of nitro benzene ring substituents is 1. The van der Waals surface area contributed by atoms with Gasteiger partial charge in [-0.2, -0.15) is 0 Å². The predicted octanol–water partition coefficient (Wildman–Crippen LogP) is 3.04. The first-order valence-corrected chi connectivity index (χ1v) is 6.32. The number of phenols is 1. The molecule has 0 saturated heterocycles. The zero-order chi connectivity index (χ0) is 15.4. The van der Waals surface area contributed by atoms with Crippen LogP contribution in [0.3, 0.4) is 0 Å². The number of anilines is 1. The Morgan fingerprint density at radius 3 is 2.52 bits per heavy atom. The average molecular weight is 286 g/mol. The van der Waals surface area contributed by atoms with E-state index in [1.54, 1.807) is 6.92 Å². The van der Waals surface area contributed by atoms with Crippen molar-refractivity contribution in [1.82, 2.24) is 0 Å². The van der Waals surface area contributed by atoms with Crippen LogP contribution >= 0.6 is 0 Å². The fraction of sp³-hybridized carbons (Fsp3) is 0.133. The van der Waals surface area contributed by atoms with Crippen LogP contribution in [-0.4, -0.2) is 15.9 Å². The van der Waals surface area contributed by atoms with Crippen molar-refractivity contribution in [2.75, 3.05) is 5.32 Å². The Balaban J connectivity index is 2.20. The second-order valence-corrected chi connectivity index (χ2v) is 4.58. The molecule has 2 rings (SSSR count). The maximum Gasteiger partial charge on any atom is 0.271 e. The number of carbonyl (C=O) groups excluding carboxylic acids is 1. The summed E-state index contributed by atoms with van der Waals surface area (Å²) in [6, 6.07) is 12.6. The lowest BCUT2D eigenvalue weighted by Gasteiger charge is -2.13. The number of rotatable bonds is 4. The van der Waals surface area contributed by atoms with Crippen LogP contribution in [-0.2, 0) is 4.79 Å². The third-order valence-electron chi connectivity index (χ3n) is 3.14. The maximum atomic E-state index is 12.2. The molecule has 1 atom stereocenters. The normalized spacial score (nSPS) is 11.7. The van der Waals surface area contributed by atoms with Gasteiger partial charge in [-0.1, -0.05) is 30.3 Å². The second-order valence-electron chi connectivity index (χ2n) is 4.58. The van der Waals surface area contributed by atoms with Gasteiger partial charge in [-0.25, -0.2) is 0 Å². The third kappa shape index (κ3) is 3.36. The lowest BCUT2D eigenvalue weighted by Crippen LogP contribution is -2.18. The highest BCUT2D eigenvalue weighted by atomic mass is 16.6. The Labute approximate surface area is 121 Å². The minimum absolute atomic E-state index is 0.0250. The van der Waals surface area contributed by atoms with Crippen LogP contribution in [0.4, 0.5) is 11.4 Å². The van der Waals surface area contributed by atoms with Crippen LogP contribution < -0.4 is 5.32 Å². The molecule has 0 aliphatic rings. The zero-order valence-electron chi connectivity index (χ0n) is 11.3. The summed E-state index contributed by atoms with van der Waals surface area (Å²) in [7, 11) is 0. The van der Waals surface area contributed by atoms with Gasteiger partial charge in [0.2, 0.25) is 5.91 Å². The topological polar surface area (TPSA) is 92.5 Å². The number of carbonyl (C=O) groups is 1. The van der Waals surface area contributed by atoms with E-state index in [0.717, 1.165) is 11.6 Å². The van der Waals surface area contributed by atoms with Crippen molar-refractivity contribution in [2.45, 2.75) is 12.8 Å². The highest BCUT2D eigenvalue weighted by Crippen LogP contribution is 2.29. The summed E-state index contributed by atoms with van der Waals surface area (Å²) in [5.74, 6) is -1.00. The molecule has 2 aromatic rings. The molecule has 0 heterocycles. The van der Waals surface area contributed by atoms with Crippen molar-refractivity contribution in [1.29, 1.82) is 0 Å². The van der Waals surface area contributed by atoms with Crippen molar-refractivity contribution in [3.8, 4) is 5.75 Å². The molecular formula is C15H14N2O4. The fourth-order valence-electron chi connectivity index (χ4n) is 1.87. The summed E-state index contributed by atoms with van der Waals surface area (Å²) >= 11 is 0. The van der Waals surface area contributed by atoms with Gasteiger partial charge in [-0.05, 0) is 18.6 Å². The Bertz CT molecular complexity index is 671. The van der Waals surface area contributed by atoms with Crippen molar-refractivity contribution >= 4 is 17.3 Å². The van der Waals surface area contributed by atoms with Gasteiger partial charge in [0.1, 0.15) is 5.75 Å². The Hall–Kier alpha value is -2.89. The van der Waals surface area contributed by atoms with Crippen LogP contribution in [0.25, 0.3) is 0 Å². The molecule has 2 N–H and O–H groups in total. The van der Waals surface area contributed by atoms with Gasteiger partial charge < -0.3 is 10.4 Å². The van der Waals surface area contributed by atoms with Gasteiger partial charge in [-0.15, -0.1) is 0 Å². The van der Waals surface area contributed by atoms with Crippen LogP contribution in [0, 0.1) is 10.1 Å². The monoisotopic (exact) mass is 286 g/mol. The van der Waals surface area contributed by atoms with E-state index in [1.807, 2.05) is 30.3 Å². The number of non-ortho nitro benzene ring substituents is 1. The summed E-state index contributed by atoms with van der Waals surface area (Å²) in [4.78, 5) is 22.3. The SMILES string of the molecule is C[C@H](C(=O)Nc1cc([N+](=O)[O-])ccc1O)c1ccccc1. The molecule has 6 heteroatoms. The quantitative estimate of drug-likeness (QED) is 0.513. The maximum absolute atomic E-state index is 12.2. The number of nitrogens with zero attached hydrogens (tertiary/aromatic N) is 1. The highest BCUT2D eigenvalue weighted by molar-refractivity contribution is 5.97. The van der Waals surface area contributed by atoms with Crippen LogP contribution in [0.1, 0.15) is 18.4 Å². The average Bonchev–Trinajstić information content (AvgIpc) is 2.49. The molecule has 0 fully saturated rings. The number of phenolic OH excluding ortho intramolecular Hbond substituents is 1. The van der Waals surface area contributed by atoms with Gasteiger partial charge in [0.05, 0.1) is 16.5 Å². The summed E-state index contributed by atoms with van der Waals surface area (Å²) < 4.78 is 0. The van der Waals surface area contributed by atoms with Gasteiger partial charge in [0.25, 0.3) is 5.69 Å². The lowest BCUT2D eigenvalue weighted by atomic mass is 10.0. The zero-order valence-corrected chi connectivity index (χ0v) is 11.3. The molecular weight excluding hydrogens is 272 g/mol. The molecule has 0 spiro atoms. The number of amides is 1. The Morgan fingerprint density at radius 2 is 1.90 bits per heavy atom. The number of aromatic hydroxyl groups is 1. The van der Waals surface area contributed by atoms with E-state index in [-0.39, 0.29) is 23.0 Å². The van der Waals surface area contributed by atoms with Gasteiger partial charge in [-0.3, -0.25) is 14.9 Å². The Kier molecular flexibility index (Phi) is 4.18. The standard InChI is InChI=1S/C15H14N2O4/c1-10(11-5-3-2-4-6-11)15(19)16-13-9-12(17(20)21)7-8-14(13)18/h2-10,18H,1H3,(H,16,19)/t10-/m0/s1. The van der Waals surface area contributed by atoms with Crippen molar-refractivity contribution in [3.63, 3.8) is 0 Å². The first-order chi connectivity index (χ1) is 9.99. The summed E-state index contributed by atoms with van der Waals surface area (Å²) in [5.41, 5.74) is 0.646. The molecule has 108 valence electrons. The van der Waals surface area contributed by atoms with E-state index in [4.69, 9.17) is 0 Å². The molecule has 0 saturated carbocycles. The van der Waals surface area contributed by atoms with Gasteiger partial charge in [0, 0.05) is 12.1 Å². The van der Waals surface area contributed by atoms with Crippen LogP contribution in [0.2, 0.25) is 0 Å². The first kappa shape index (κ1) is 14.5. The molecule has 21 heavy (non-hydrogen) atoms. The van der Waals surface area contributed by atoms with Gasteiger partial charge in [0.15, 0.2) is 0 Å². The molecule has 0 radical (unpaired) electrons. The van der Waals surface area contributed by atoms with E-state index < -0.39 is 10.8 Å². The van der Waals surface area contributed by atoms with Crippen LogP contribution in [0.15, 0.2) is 48.5 Å². The number of nitrogens with one attached hydrogen (secondary N) is 1. The van der Waals surface area contributed by atoms with Crippen molar-refractivity contribution < 1.29 is 14.8 Å². The predicted molar refractivity (Wildman–Crippen MR) is 78.2 cm³/mol. The number of nitro groups is 1. The molecule has 0 aliphatic carbocycles. The Morgan fingerprint density at radius 1 is 1.24 bits per heavy atom. The lowest BCUT2D eigenvalue weighted by molar-refractivity contribution is -0.384. The summed E-state index contributed by atoms with van der Waals surface area (Å²) in [6.07, 6.45) is 0. The van der Waals surface area contributed by atoms with E-state index in [9.17, 15) is 20.0 Å². The van der Waals surface area contributed by atoms with Crippen molar-refractivity contribution in [2.24, 2.45) is 0 Å². The minimum atomic E-state index is -0.588. The molecule has 6 nitrogen and oxygen atoms in total. The van der Waals surface area contributed by atoms with Gasteiger partial charge >= 0.3 is 0 Å². The molecule has 0 aliphatic heterocycles. The van der Waals surface area contributed by atoms with E-state index in [0.29, 0.717) is 0 Å². The molecule has 0 unspecified atom stereocenters. The van der Waals surface area contributed by atoms with Crippen molar-refractivity contribution in [3.05, 3.63) is 64.2 Å². The number of benzene rings is 2. The fourth-order valence-corrected chi connectivity index (χ4v) is 1.87. The number of hydrogen-bond donors (Lipinski definition) is 2. The largest absolute Gasteiger partial charge is 0.506 e. The van der Waals surface area contributed by atoms with E-state index in [1.165, 1.54) is 12.1 Å². The summed E-state index contributed by atoms with van der Waals surface area (Å²) in [5, 5.41) is 22.9. The van der Waals surface area contributed by atoms with E-state index >= 15 is 0 Å².